The molecular formula is C19H25ClN4O2. The van der Waals surface area contributed by atoms with E-state index in [1.54, 1.807) is 0 Å². The zero-order valence-electron chi connectivity index (χ0n) is 14.8. The van der Waals surface area contributed by atoms with Gasteiger partial charge in [0.05, 0.1) is 11.7 Å². The quantitative estimate of drug-likeness (QED) is 0.789. The van der Waals surface area contributed by atoms with Gasteiger partial charge in [0.2, 0.25) is 5.28 Å². The topological polar surface area (TPSA) is 78.4 Å². The monoisotopic (exact) mass is 376 g/mol. The van der Waals surface area contributed by atoms with E-state index in [1.807, 2.05) is 0 Å². The van der Waals surface area contributed by atoms with Crippen molar-refractivity contribution in [2.45, 2.75) is 50.5 Å². The van der Waals surface area contributed by atoms with E-state index in [9.17, 15) is 4.79 Å². The molecule has 0 aromatic carbocycles. The lowest BCUT2D eigenvalue weighted by atomic mass is 9.51. The lowest BCUT2D eigenvalue weighted by Gasteiger charge is -2.54. The molecule has 2 N–H and O–H groups in total. The Kier molecular flexibility index (Phi) is 3.99. The van der Waals surface area contributed by atoms with Crippen molar-refractivity contribution in [1.29, 1.82) is 0 Å². The Morgan fingerprint density at radius 3 is 2.50 bits per heavy atom. The van der Waals surface area contributed by atoms with Crippen LogP contribution in [0.15, 0.2) is 6.07 Å². The number of hydrogen-bond donors (Lipinski definition) is 2. The van der Waals surface area contributed by atoms with Crippen molar-refractivity contribution in [3.8, 4) is 0 Å². The summed E-state index contributed by atoms with van der Waals surface area (Å²) in [7, 11) is 0. The molecule has 1 amide bonds. The highest BCUT2D eigenvalue weighted by atomic mass is 35.5. The van der Waals surface area contributed by atoms with Crippen LogP contribution < -0.4 is 10.2 Å². The van der Waals surface area contributed by atoms with E-state index < -0.39 is 6.09 Å². The van der Waals surface area contributed by atoms with Gasteiger partial charge in [0.1, 0.15) is 5.82 Å². The summed E-state index contributed by atoms with van der Waals surface area (Å²) in [5, 5.41) is 11.8. The molecule has 4 saturated carbocycles. The van der Waals surface area contributed by atoms with Gasteiger partial charge in [0, 0.05) is 25.1 Å². The maximum absolute atomic E-state index is 10.9. The Balaban J connectivity index is 1.39. The summed E-state index contributed by atoms with van der Waals surface area (Å²) < 4.78 is 0. The molecule has 0 radical (unpaired) electrons. The number of hydrogen-bond acceptors (Lipinski definition) is 4. The summed E-state index contributed by atoms with van der Waals surface area (Å²) in [4.78, 5) is 22.1. The van der Waals surface area contributed by atoms with Gasteiger partial charge in [-0.2, -0.15) is 0 Å². The van der Waals surface area contributed by atoms with E-state index in [0.717, 1.165) is 48.1 Å². The summed E-state index contributed by atoms with van der Waals surface area (Å²) in [6.45, 7) is 1.43. The first-order chi connectivity index (χ1) is 12.5. The second-order valence-electron chi connectivity index (χ2n) is 8.76. The molecule has 0 spiro atoms. The smallest absolute Gasteiger partial charge is 0.404 e. The Labute approximate surface area is 158 Å². The summed E-state index contributed by atoms with van der Waals surface area (Å²) in [5.74, 6) is 4.76. The number of carboxylic acid groups (broad SMARTS) is 1. The highest BCUT2D eigenvalue weighted by Gasteiger charge is 2.49. The van der Waals surface area contributed by atoms with Crippen LogP contribution in [0.5, 0.6) is 0 Å². The van der Waals surface area contributed by atoms with Gasteiger partial charge in [-0.15, -0.1) is 0 Å². The minimum atomic E-state index is -0.966. The number of rotatable bonds is 3. The van der Waals surface area contributed by atoms with Gasteiger partial charge in [-0.05, 0) is 73.8 Å². The van der Waals surface area contributed by atoms with Crippen molar-refractivity contribution >= 4 is 23.5 Å². The van der Waals surface area contributed by atoms with Gasteiger partial charge >= 0.3 is 6.09 Å². The fourth-order valence-electron chi connectivity index (χ4n) is 6.42. The number of nitrogens with one attached hydrogen (secondary N) is 1. The summed E-state index contributed by atoms with van der Waals surface area (Å²) in [6, 6.07) is 2.08. The Morgan fingerprint density at radius 1 is 1.15 bits per heavy atom. The van der Waals surface area contributed by atoms with Gasteiger partial charge in [-0.3, -0.25) is 0 Å². The van der Waals surface area contributed by atoms with Crippen LogP contribution in [-0.4, -0.2) is 40.3 Å². The molecule has 2 heterocycles. The van der Waals surface area contributed by atoms with Crippen LogP contribution in [0.1, 0.15) is 50.1 Å². The van der Waals surface area contributed by atoms with Gasteiger partial charge in [-0.25, -0.2) is 14.8 Å². The first-order valence-electron chi connectivity index (χ1n) is 9.84. The normalized spacial score (nSPS) is 38.0. The van der Waals surface area contributed by atoms with Crippen molar-refractivity contribution in [3.05, 3.63) is 17.0 Å². The van der Waals surface area contributed by atoms with Crippen LogP contribution in [0.4, 0.5) is 10.6 Å². The fourth-order valence-corrected chi connectivity index (χ4v) is 6.61. The van der Waals surface area contributed by atoms with E-state index in [0.29, 0.717) is 17.7 Å². The summed E-state index contributed by atoms with van der Waals surface area (Å²) in [5.41, 5.74) is 1.11. The fraction of sp³-hybridized carbons (Fsp3) is 0.737. The molecule has 26 heavy (non-hydrogen) atoms. The molecule has 5 fully saturated rings. The molecule has 6 nitrogen and oxygen atoms in total. The van der Waals surface area contributed by atoms with Crippen LogP contribution in [0, 0.1) is 23.7 Å². The molecule has 6 rings (SSSR count). The number of amides is 1. The molecule has 1 aromatic rings. The Hall–Kier alpha value is -1.56. The number of nitrogens with zero attached hydrogens (tertiary/aromatic N) is 3. The molecular weight excluding hydrogens is 352 g/mol. The SMILES string of the molecule is O=C(O)N[C@H]1CCN(c2cc(C3C4CC5CC(C4)CC3C5)nc(Cl)n2)C1. The van der Waals surface area contributed by atoms with Gasteiger partial charge in [-0.1, -0.05) is 0 Å². The van der Waals surface area contributed by atoms with E-state index in [4.69, 9.17) is 16.7 Å². The molecule has 1 saturated heterocycles. The number of anilines is 1. The van der Waals surface area contributed by atoms with Gasteiger partial charge in [0.15, 0.2) is 0 Å². The molecule has 0 unspecified atom stereocenters. The third-order valence-corrected chi connectivity index (χ3v) is 7.28. The third kappa shape index (κ3) is 2.92. The summed E-state index contributed by atoms with van der Waals surface area (Å²) in [6.07, 6.45) is 6.67. The standard InChI is InChI=1S/C19H25ClN4O2/c20-18-22-15(17-12-4-10-3-11(6-12)7-13(17)5-10)8-16(23-18)24-2-1-14(9-24)21-19(25)26/h8,10-14,17,21H,1-7,9H2,(H,25,26)/t10?,11?,12?,13?,14-,17?/m0/s1. The zero-order chi connectivity index (χ0) is 17.8. The first kappa shape index (κ1) is 16.6. The van der Waals surface area contributed by atoms with E-state index in [1.165, 1.54) is 32.1 Å². The lowest BCUT2D eigenvalue weighted by Crippen LogP contribution is -2.44. The van der Waals surface area contributed by atoms with Crippen LogP contribution in [0.3, 0.4) is 0 Å². The first-order valence-corrected chi connectivity index (χ1v) is 10.2. The number of halogens is 1. The minimum absolute atomic E-state index is 0.0501. The highest BCUT2D eigenvalue weighted by molar-refractivity contribution is 6.28. The lowest BCUT2D eigenvalue weighted by molar-refractivity contribution is -0.00416. The van der Waals surface area contributed by atoms with E-state index in [2.05, 4.69) is 26.3 Å². The molecule has 1 atom stereocenters. The molecule has 5 aliphatic rings. The minimum Gasteiger partial charge on any atom is -0.465 e. The summed E-state index contributed by atoms with van der Waals surface area (Å²) >= 11 is 6.30. The van der Waals surface area contributed by atoms with Crippen molar-refractivity contribution in [1.82, 2.24) is 15.3 Å². The van der Waals surface area contributed by atoms with Gasteiger partial charge < -0.3 is 15.3 Å². The second-order valence-corrected chi connectivity index (χ2v) is 9.10. The largest absolute Gasteiger partial charge is 0.465 e. The van der Waals surface area contributed by atoms with Crippen molar-refractivity contribution in [3.63, 3.8) is 0 Å². The average molecular weight is 377 g/mol. The van der Waals surface area contributed by atoms with Crippen molar-refractivity contribution in [2.75, 3.05) is 18.0 Å². The maximum atomic E-state index is 10.9. The zero-order valence-corrected chi connectivity index (χ0v) is 15.5. The maximum Gasteiger partial charge on any atom is 0.404 e. The molecule has 4 aliphatic carbocycles. The molecule has 1 aliphatic heterocycles. The van der Waals surface area contributed by atoms with Crippen LogP contribution >= 0.6 is 11.6 Å². The van der Waals surface area contributed by atoms with Crippen LogP contribution in [0.2, 0.25) is 5.28 Å². The Morgan fingerprint density at radius 2 is 1.85 bits per heavy atom. The molecule has 140 valence electrons. The third-order valence-electron chi connectivity index (χ3n) is 7.11. The van der Waals surface area contributed by atoms with E-state index >= 15 is 0 Å². The number of carbonyl (C=O) groups is 1. The molecule has 7 heteroatoms. The predicted molar refractivity (Wildman–Crippen MR) is 98.6 cm³/mol. The average Bonchev–Trinajstić information content (AvgIpc) is 3.01. The number of aromatic nitrogens is 2. The van der Waals surface area contributed by atoms with Crippen LogP contribution in [0.25, 0.3) is 0 Å². The molecule has 4 bridgehead atoms. The second kappa shape index (κ2) is 6.25. The highest BCUT2D eigenvalue weighted by Crippen LogP contribution is 2.59. The predicted octanol–water partition coefficient (Wildman–Crippen LogP) is 3.52. The molecule has 1 aromatic heterocycles. The van der Waals surface area contributed by atoms with Crippen LogP contribution in [-0.2, 0) is 0 Å². The van der Waals surface area contributed by atoms with E-state index in [-0.39, 0.29) is 6.04 Å². The van der Waals surface area contributed by atoms with Crippen molar-refractivity contribution in [2.24, 2.45) is 23.7 Å². The Bertz CT molecular complexity index is 699. The van der Waals surface area contributed by atoms with Gasteiger partial charge in [0.25, 0.3) is 0 Å². The van der Waals surface area contributed by atoms with Crippen molar-refractivity contribution < 1.29 is 9.90 Å².